The zero-order chi connectivity index (χ0) is 22.2. The molecule has 1 N–H and O–H groups in total. The van der Waals surface area contributed by atoms with Crippen LogP contribution in [0.3, 0.4) is 0 Å². The van der Waals surface area contributed by atoms with Gasteiger partial charge in [-0.2, -0.15) is 5.26 Å². The van der Waals surface area contributed by atoms with E-state index in [0.717, 1.165) is 68.2 Å². The van der Waals surface area contributed by atoms with Crippen LogP contribution in [0.5, 0.6) is 0 Å². The van der Waals surface area contributed by atoms with E-state index in [1.165, 1.54) is 11.1 Å². The largest absolute Gasteiger partial charge is 0.457 e. The number of aromatic nitrogens is 1. The molecule has 2 atom stereocenters. The van der Waals surface area contributed by atoms with Crippen LogP contribution >= 0.6 is 0 Å². The van der Waals surface area contributed by atoms with E-state index < -0.39 is 0 Å². The maximum atomic E-state index is 11.9. The maximum Gasteiger partial charge on any atom is 0.338 e. The van der Waals surface area contributed by atoms with Gasteiger partial charge in [0.25, 0.3) is 0 Å². The molecule has 0 saturated carbocycles. The third kappa shape index (κ3) is 3.85. The normalized spacial score (nSPS) is 23.2. The second-order valence-corrected chi connectivity index (χ2v) is 9.22. The molecule has 0 spiro atoms. The van der Waals surface area contributed by atoms with Crippen molar-refractivity contribution in [2.45, 2.75) is 32.9 Å². The predicted molar refractivity (Wildman–Crippen MR) is 121 cm³/mol. The summed E-state index contributed by atoms with van der Waals surface area (Å²) in [5.41, 5.74) is 5.86. The lowest BCUT2D eigenvalue weighted by Gasteiger charge is -2.36. The van der Waals surface area contributed by atoms with Gasteiger partial charge in [-0.15, -0.1) is 0 Å². The van der Waals surface area contributed by atoms with E-state index in [4.69, 9.17) is 10.00 Å². The highest BCUT2D eigenvalue weighted by molar-refractivity contribution is 5.94. The first-order valence-corrected chi connectivity index (χ1v) is 11.4. The summed E-state index contributed by atoms with van der Waals surface area (Å²) < 4.78 is 5.23. The van der Waals surface area contributed by atoms with Gasteiger partial charge in [0.05, 0.1) is 11.1 Å². The third-order valence-corrected chi connectivity index (χ3v) is 7.19. The molecule has 2 aromatic rings. The zero-order valence-electron chi connectivity index (χ0n) is 18.7. The maximum absolute atomic E-state index is 11.9. The van der Waals surface area contributed by atoms with Crippen LogP contribution in [0.25, 0.3) is 0 Å². The van der Waals surface area contributed by atoms with Crippen LogP contribution in [0.15, 0.2) is 24.4 Å². The number of cyclic esters (lactones) is 1. The first-order chi connectivity index (χ1) is 15.5. The number of hydrogen-bond acceptors (Lipinski definition) is 7. The Bertz CT molecular complexity index is 1090. The summed E-state index contributed by atoms with van der Waals surface area (Å²) in [6, 6.07) is 8.52. The number of nitrogens with zero attached hydrogens (tertiary/aromatic N) is 4. The van der Waals surface area contributed by atoms with Crippen molar-refractivity contribution in [3.63, 3.8) is 0 Å². The fourth-order valence-corrected chi connectivity index (χ4v) is 5.32. The van der Waals surface area contributed by atoms with Gasteiger partial charge in [0.1, 0.15) is 18.5 Å². The standard InChI is InChI=1S/C25H29N5O2/c1-16-9-24(28-11-19(16)10-26)30-7-5-18(13-30)12-29-8-6-27-23(14-29)20-3-4-21-22(17(20)2)15-32-25(21)31/h3-4,9,11,18,23,27H,5-8,12-15H2,1-2H3. The highest BCUT2D eigenvalue weighted by atomic mass is 16.5. The highest BCUT2D eigenvalue weighted by Gasteiger charge is 2.30. The Kier molecular flexibility index (Phi) is 5.58. The Labute approximate surface area is 189 Å². The van der Waals surface area contributed by atoms with Gasteiger partial charge in [-0.3, -0.25) is 4.90 Å². The second kappa shape index (κ2) is 8.53. The average Bonchev–Trinajstić information content (AvgIpc) is 3.41. The molecule has 2 fully saturated rings. The summed E-state index contributed by atoms with van der Waals surface area (Å²) >= 11 is 0. The highest BCUT2D eigenvalue weighted by Crippen LogP contribution is 2.31. The first-order valence-electron chi connectivity index (χ1n) is 11.4. The predicted octanol–water partition coefficient (Wildman–Crippen LogP) is 2.71. The molecule has 2 unspecified atom stereocenters. The summed E-state index contributed by atoms with van der Waals surface area (Å²) in [7, 11) is 0. The molecular weight excluding hydrogens is 402 g/mol. The Morgan fingerprint density at radius 2 is 2.16 bits per heavy atom. The molecule has 3 aliphatic rings. The number of nitriles is 1. The fourth-order valence-electron chi connectivity index (χ4n) is 5.32. The van der Waals surface area contributed by atoms with Gasteiger partial charge in [0, 0.05) is 57.1 Å². The first kappa shape index (κ1) is 20.9. The summed E-state index contributed by atoms with van der Waals surface area (Å²) in [4.78, 5) is 21.3. The number of ether oxygens (including phenoxy) is 1. The zero-order valence-corrected chi connectivity index (χ0v) is 18.7. The van der Waals surface area contributed by atoms with Gasteiger partial charge >= 0.3 is 5.97 Å². The van der Waals surface area contributed by atoms with Crippen LogP contribution in [0.2, 0.25) is 0 Å². The number of fused-ring (bicyclic) bond motifs is 1. The molecular formula is C25H29N5O2. The molecule has 1 aromatic heterocycles. The number of rotatable bonds is 4. The van der Waals surface area contributed by atoms with Crippen molar-refractivity contribution in [2.24, 2.45) is 5.92 Å². The fraction of sp³-hybridized carbons (Fsp3) is 0.480. The minimum Gasteiger partial charge on any atom is -0.457 e. The third-order valence-electron chi connectivity index (χ3n) is 7.19. The van der Waals surface area contributed by atoms with E-state index in [2.05, 4.69) is 39.2 Å². The number of pyridine rings is 1. The topological polar surface area (TPSA) is 81.5 Å². The van der Waals surface area contributed by atoms with Gasteiger partial charge in [-0.05, 0) is 55.0 Å². The van der Waals surface area contributed by atoms with E-state index in [0.29, 0.717) is 18.1 Å². The lowest BCUT2D eigenvalue weighted by molar-refractivity contribution is 0.0535. The van der Waals surface area contributed by atoms with Crippen LogP contribution in [0, 0.1) is 31.1 Å². The Hall–Kier alpha value is -2.95. The van der Waals surface area contributed by atoms with Gasteiger partial charge in [0.15, 0.2) is 0 Å². The molecule has 0 radical (unpaired) electrons. The van der Waals surface area contributed by atoms with Crippen LogP contribution in [0.4, 0.5) is 5.82 Å². The van der Waals surface area contributed by atoms with Gasteiger partial charge in [-0.1, -0.05) is 6.07 Å². The van der Waals surface area contributed by atoms with Crippen molar-refractivity contribution in [2.75, 3.05) is 44.2 Å². The molecule has 0 bridgehead atoms. The molecule has 2 saturated heterocycles. The summed E-state index contributed by atoms with van der Waals surface area (Å²) in [6.45, 7) is 10.6. The monoisotopic (exact) mass is 431 g/mol. The number of hydrogen-bond donors (Lipinski definition) is 1. The number of piperazine rings is 1. The molecule has 32 heavy (non-hydrogen) atoms. The lowest BCUT2D eigenvalue weighted by atomic mass is 9.93. The van der Waals surface area contributed by atoms with Crippen LogP contribution in [-0.4, -0.2) is 55.1 Å². The van der Waals surface area contributed by atoms with Gasteiger partial charge in [0.2, 0.25) is 0 Å². The van der Waals surface area contributed by atoms with Crippen molar-refractivity contribution in [3.05, 3.63) is 57.8 Å². The number of benzene rings is 1. The Morgan fingerprint density at radius 3 is 2.97 bits per heavy atom. The molecule has 3 aliphatic heterocycles. The molecule has 4 heterocycles. The van der Waals surface area contributed by atoms with Crippen molar-refractivity contribution in [1.29, 1.82) is 5.26 Å². The van der Waals surface area contributed by atoms with E-state index in [1.54, 1.807) is 6.20 Å². The second-order valence-electron chi connectivity index (χ2n) is 9.22. The van der Waals surface area contributed by atoms with E-state index in [-0.39, 0.29) is 12.0 Å². The van der Waals surface area contributed by atoms with Crippen LogP contribution in [0.1, 0.15) is 50.6 Å². The van der Waals surface area contributed by atoms with Gasteiger partial charge < -0.3 is 15.0 Å². The van der Waals surface area contributed by atoms with E-state index in [1.807, 2.05) is 19.1 Å². The summed E-state index contributed by atoms with van der Waals surface area (Å²) in [5, 5.41) is 12.8. The molecule has 7 heteroatoms. The number of nitrogens with one attached hydrogen (secondary N) is 1. The van der Waals surface area contributed by atoms with Crippen LogP contribution < -0.4 is 10.2 Å². The van der Waals surface area contributed by atoms with Crippen molar-refractivity contribution in [1.82, 2.24) is 15.2 Å². The SMILES string of the molecule is Cc1cc(N2CCC(CN3CCNC(c4ccc5c(c4C)COC5=O)C3)C2)ncc1C#N. The molecule has 5 rings (SSSR count). The minimum atomic E-state index is -0.203. The average molecular weight is 432 g/mol. The van der Waals surface area contributed by atoms with Crippen LogP contribution in [-0.2, 0) is 11.3 Å². The molecule has 1 aromatic carbocycles. The van der Waals surface area contributed by atoms with Crippen molar-refractivity contribution < 1.29 is 9.53 Å². The Balaban J connectivity index is 1.22. The quantitative estimate of drug-likeness (QED) is 0.746. The number of anilines is 1. The lowest BCUT2D eigenvalue weighted by Crippen LogP contribution is -2.47. The molecule has 7 nitrogen and oxygen atoms in total. The van der Waals surface area contributed by atoms with Crippen molar-refractivity contribution >= 4 is 11.8 Å². The molecule has 0 amide bonds. The number of esters is 1. The summed E-state index contributed by atoms with van der Waals surface area (Å²) in [5.74, 6) is 1.39. The smallest absolute Gasteiger partial charge is 0.338 e. The van der Waals surface area contributed by atoms with Crippen molar-refractivity contribution in [3.8, 4) is 6.07 Å². The Morgan fingerprint density at radius 1 is 1.28 bits per heavy atom. The van der Waals surface area contributed by atoms with E-state index >= 15 is 0 Å². The summed E-state index contributed by atoms with van der Waals surface area (Å²) in [6.07, 6.45) is 2.85. The number of carbonyl (C=O) groups excluding carboxylic acids is 1. The minimum absolute atomic E-state index is 0.203. The van der Waals surface area contributed by atoms with E-state index in [9.17, 15) is 4.79 Å². The number of carbonyl (C=O) groups is 1. The molecule has 166 valence electrons. The molecule has 0 aliphatic carbocycles. The van der Waals surface area contributed by atoms with Gasteiger partial charge in [-0.25, -0.2) is 9.78 Å². The number of aryl methyl sites for hydroxylation is 1.